The lowest BCUT2D eigenvalue weighted by Gasteiger charge is -2.36. The third-order valence-corrected chi connectivity index (χ3v) is 7.85. The van der Waals surface area contributed by atoms with Gasteiger partial charge in [0.05, 0.1) is 12.1 Å². The van der Waals surface area contributed by atoms with Gasteiger partial charge in [-0.25, -0.2) is 4.79 Å². The molecule has 37 heavy (non-hydrogen) atoms. The molecule has 0 aromatic carbocycles. The summed E-state index contributed by atoms with van der Waals surface area (Å²) in [6, 6.07) is -2.15. The molecule has 1 aliphatic heterocycles. The van der Waals surface area contributed by atoms with Crippen LogP contribution in [0.2, 0.25) is 0 Å². The maximum atomic E-state index is 14.0. The number of aliphatic hydroxyl groups excluding tert-OH is 1. The number of nitrogens with one attached hydrogen (secondary N) is 2. The summed E-state index contributed by atoms with van der Waals surface area (Å²) in [4.78, 5) is 54.3. The largest absolute Gasteiger partial charge is 0.444 e. The molecule has 3 aliphatic rings. The fourth-order valence-corrected chi connectivity index (χ4v) is 5.88. The smallest absolute Gasteiger partial charge is 0.408 e. The standard InChI is InChI=1S/C28H47N3O6/c1-17(32)15-21-13-14-31(24(21)25(34)29-22(18(2)33)16-19-11-12-19)26(35)23(20-9-7-6-8-10-20)30-27(36)37-28(3,4)5/h17,19-24,32H,6-16H2,1-5H3,(H,29,34)(H,30,36)/t17?,21-,22?,23?,24?/m1/s1. The Hall–Kier alpha value is -2.16. The second-order valence-electron chi connectivity index (χ2n) is 12.5. The van der Waals surface area contributed by atoms with Gasteiger partial charge < -0.3 is 25.4 Å². The highest BCUT2D eigenvalue weighted by Gasteiger charge is 2.46. The molecule has 3 fully saturated rings. The van der Waals surface area contributed by atoms with E-state index in [0.717, 1.165) is 44.9 Å². The van der Waals surface area contributed by atoms with E-state index in [2.05, 4.69) is 10.6 Å². The first-order valence-corrected chi connectivity index (χ1v) is 14.1. The summed E-state index contributed by atoms with van der Waals surface area (Å²) >= 11 is 0. The van der Waals surface area contributed by atoms with Crippen LogP contribution in [0.4, 0.5) is 4.79 Å². The van der Waals surface area contributed by atoms with E-state index in [1.807, 2.05) is 0 Å². The number of amides is 3. The summed E-state index contributed by atoms with van der Waals surface area (Å²) in [6.45, 7) is 8.86. The summed E-state index contributed by atoms with van der Waals surface area (Å²) in [5.74, 6) is -0.531. The lowest BCUT2D eigenvalue weighted by atomic mass is 9.83. The molecule has 3 rings (SSSR count). The molecule has 210 valence electrons. The third-order valence-electron chi connectivity index (χ3n) is 7.85. The summed E-state index contributed by atoms with van der Waals surface area (Å²) < 4.78 is 5.47. The molecule has 0 bridgehead atoms. The zero-order valence-corrected chi connectivity index (χ0v) is 23.3. The van der Waals surface area contributed by atoms with E-state index in [1.54, 1.807) is 32.6 Å². The number of carbonyl (C=O) groups excluding carboxylic acids is 4. The van der Waals surface area contributed by atoms with Crippen molar-refractivity contribution in [2.24, 2.45) is 17.8 Å². The number of nitrogens with zero attached hydrogens (tertiary/aromatic N) is 1. The zero-order chi connectivity index (χ0) is 27.3. The van der Waals surface area contributed by atoms with Gasteiger partial charge in [0.2, 0.25) is 11.8 Å². The van der Waals surface area contributed by atoms with Crippen molar-refractivity contribution < 1.29 is 29.0 Å². The zero-order valence-electron chi connectivity index (χ0n) is 23.3. The first-order valence-electron chi connectivity index (χ1n) is 14.1. The normalized spacial score (nSPS) is 25.2. The highest BCUT2D eigenvalue weighted by atomic mass is 16.6. The molecule has 0 aromatic rings. The van der Waals surface area contributed by atoms with Crippen LogP contribution in [0.5, 0.6) is 0 Å². The van der Waals surface area contributed by atoms with Gasteiger partial charge in [-0.1, -0.05) is 32.1 Å². The number of alkyl carbamates (subject to hydrolysis) is 1. The number of rotatable bonds is 10. The van der Waals surface area contributed by atoms with E-state index in [4.69, 9.17) is 4.74 Å². The van der Waals surface area contributed by atoms with Crippen molar-refractivity contribution >= 4 is 23.7 Å². The molecular formula is C28H47N3O6. The van der Waals surface area contributed by atoms with Gasteiger partial charge in [-0.3, -0.25) is 14.4 Å². The van der Waals surface area contributed by atoms with Crippen molar-refractivity contribution in [2.75, 3.05) is 6.54 Å². The molecule has 3 amide bonds. The fourth-order valence-electron chi connectivity index (χ4n) is 5.88. The summed E-state index contributed by atoms with van der Waals surface area (Å²) in [7, 11) is 0. The van der Waals surface area contributed by atoms with Crippen LogP contribution in [0.3, 0.4) is 0 Å². The van der Waals surface area contributed by atoms with E-state index in [0.29, 0.717) is 31.7 Å². The Morgan fingerprint density at radius 1 is 0.973 bits per heavy atom. The number of likely N-dealkylation sites (tertiary alicyclic amines) is 1. The number of hydrogen-bond donors (Lipinski definition) is 3. The molecule has 3 N–H and O–H groups in total. The van der Waals surface area contributed by atoms with E-state index in [9.17, 15) is 24.3 Å². The molecule has 0 spiro atoms. The van der Waals surface area contributed by atoms with Crippen molar-refractivity contribution in [1.29, 1.82) is 0 Å². The molecule has 4 unspecified atom stereocenters. The van der Waals surface area contributed by atoms with Gasteiger partial charge in [-0.15, -0.1) is 0 Å². The van der Waals surface area contributed by atoms with Crippen molar-refractivity contribution in [3.63, 3.8) is 0 Å². The molecule has 9 nitrogen and oxygen atoms in total. The topological polar surface area (TPSA) is 125 Å². The summed E-state index contributed by atoms with van der Waals surface area (Å²) in [5.41, 5.74) is -0.702. The first kappa shape index (κ1) is 29.4. The minimum atomic E-state index is -0.797. The van der Waals surface area contributed by atoms with E-state index < -0.39 is 35.9 Å². The van der Waals surface area contributed by atoms with Crippen molar-refractivity contribution in [3.8, 4) is 0 Å². The van der Waals surface area contributed by atoms with Crippen LogP contribution in [0, 0.1) is 17.8 Å². The van der Waals surface area contributed by atoms with Gasteiger partial charge >= 0.3 is 6.09 Å². The lowest BCUT2D eigenvalue weighted by molar-refractivity contribution is -0.143. The van der Waals surface area contributed by atoms with Gasteiger partial charge in [-0.2, -0.15) is 0 Å². The van der Waals surface area contributed by atoms with Crippen LogP contribution in [0.25, 0.3) is 0 Å². The molecule has 2 saturated carbocycles. The Morgan fingerprint density at radius 2 is 1.62 bits per heavy atom. The minimum absolute atomic E-state index is 0.0341. The summed E-state index contributed by atoms with van der Waals surface area (Å²) in [6.07, 6.45) is 7.16. The molecule has 0 aromatic heterocycles. The van der Waals surface area contributed by atoms with Crippen LogP contribution in [0.1, 0.15) is 98.8 Å². The minimum Gasteiger partial charge on any atom is -0.444 e. The second-order valence-corrected chi connectivity index (χ2v) is 12.5. The SMILES string of the molecule is CC(=O)C(CC1CC1)NC(=O)C1[C@@H](CC(C)O)CCN1C(=O)C(NC(=O)OC(C)(C)C)C1CCCCC1. The Morgan fingerprint density at radius 3 is 2.16 bits per heavy atom. The molecule has 2 aliphatic carbocycles. The maximum Gasteiger partial charge on any atom is 0.408 e. The first-order chi connectivity index (χ1) is 17.4. The van der Waals surface area contributed by atoms with Crippen LogP contribution in [-0.4, -0.2) is 70.1 Å². The molecular weight excluding hydrogens is 474 g/mol. The van der Waals surface area contributed by atoms with Crippen LogP contribution in [-0.2, 0) is 19.1 Å². The molecule has 9 heteroatoms. The van der Waals surface area contributed by atoms with Crippen LogP contribution < -0.4 is 10.6 Å². The molecule has 1 saturated heterocycles. The number of aliphatic hydroxyl groups is 1. The monoisotopic (exact) mass is 521 g/mol. The Balaban J connectivity index is 1.83. The van der Waals surface area contributed by atoms with Gasteiger partial charge in [0.1, 0.15) is 17.7 Å². The Kier molecular flexibility index (Phi) is 10.0. The number of ether oxygens (including phenoxy) is 1. The quantitative estimate of drug-likeness (QED) is 0.405. The number of hydrogen-bond acceptors (Lipinski definition) is 6. The highest BCUT2D eigenvalue weighted by molar-refractivity contribution is 5.94. The average Bonchev–Trinajstić information content (AvgIpc) is 3.52. The molecule has 1 heterocycles. The fraction of sp³-hybridized carbons (Fsp3) is 0.857. The lowest BCUT2D eigenvalue weighted by Crippen LogP contribution is -2.58. The predicted molar refractivity (Wildman–Crippen MR) is 140 cm³/mol. The molecule has 5 atom stereocenters. The number of carbonyl (C=O) groups is 4. The van der Waals surface area contributed by atoms with E-state index in [-0.39, 0.29) is 29.4 Å². The number of Topliss-reactive ketones (excluding diaryl/α,β-unsaturated/α-hetero) is 1. The third kappa shape index (κ3) is 8.69. The Bertz CT molecular complexity index is 828. The van der Waals surface area contributed by atoms with Crippen molar-refractivity contribution in [3.05, 3.63) is 0 Å². The summed E-state index contributed by atoms with van der Waals surface area (Å²) in [5, 5.41) is 15.9. The Labute approximate surface area is 221 Å². The maximum absolute atomic E-state index is 14.0. The number of ketones is 1. The van der Waals surface area contributed by atoms with E-state index >= 15 is 0 Å². The van der Waals surface area contributed by atoms with E-state index in [1.165, 1.54) is 6.92 Å². The predicted octanol–water partition coefficient (Wildman–Crippen LogP) is 3.32. The van der Waals surface area contributed by atoms with Crippen molar-refractivity contribution in [1.82, 2.24) is 15.5 Å². The van der Waals surface area contributed by atoms with Gasteiger partial charge in [0.15, 0.2) is 5.78 Å². The average molecular weight is 522 g/mol. The molecule has 0 radical (unpaired) electrons. The highest BCUT2D eigenvalue weighted by Crippen LogP contribution is 2.35. The van der Waals surface area contributed by atoms with Gasteiger partial charge in [-0.05, 0) is 84.5 Å². The van der Waals surface area contributed by atoms with Crippen LogP contribution >= 0.6 is 0 Å². The van der Waals surface area contributed by atoms with Crippen LogP contribution in [0.15, 0.2) is 0 Å². The van der Waals surface area contributed by atoms with Gasteiger partial charge in [0.25, 0.3) is 0 Å². The van der Waals surface area contributed by atoms with Crippen molar-refractivity contribution in [2.45, 2.75) is 129 Å². The second kappa shape index (κ2) is 12.6. The van der Waals surface area contributed by atoms with Gasteiger partial charge in [0, 0.05) is 6.54 Å².